The Bertz CT molecular complexity index is 333. The third-order valence-corrected chi connectivity index (χ3v) is 3.64. The number of carbonyl (C=O) groups excluding carboxylic acids is 1. The van der Waals surface area contributed by atoms with Gasteiger partial charge in [0.25, 0.3) is 0 Å². The van der Waals surface area contributed by atoms with E-state index in [4.69, 9.17) is 5.11 Å². The van der Waals surface area contributed by atoms with Crippen LogP contribution >= 0.6 is 0 Å². The Morgan fingerprint density at radius 3 is 2.16 bits per heavy atom. The summed E-state index contributed by atoms with van der Waals surface area (Å²) in [5.41, 5.74) is 0. The number of carboxylic acid groups (broad SMARTS) is 1. The second-order valence-electron chi connectivity index (χ2n) is 5.11. The van der Waals surface area contributed by atoms with Gasteiger partial charge in [-0.3, -0.25) is 9.59 Å². The molecular weight excluding hydrogens is 242 g/mol. The quantitative estimate of drug-likeness (QED) is 0.719. The molecule has 0 saturated carbocycles. The summed E-state index contributed by atoms with van der Waals surface area (Å²) in [6.45, 7) is 8.71. The number of carbonyl (C=O) groups is 2. The molecule has 0 spiro atoms. The van der Waals surface area contributed by atoms with E-state index in [9.17, 15) is 9.59 Å². The van der Waals surface area contributed by atoms with Crippen molar-refractivity contribution in [3.8, 4) is 0 Å². The normalized spacial score (nSPS) is 16.4. The Labute approximate surface area is 114 Å². The van der Waals surface area contributed by atoms with Crippen molar-refractivity contribution in [1.82, 2.24) is 4.90 Å². The lowest BCUT2D eigenvalue weighted by molar-refractivity contribution is -0.139. The highest BCUT2D eigenvalue weighted by atomic mass is 16.4. The summed E-state index contributed by atoms with van der Waals surface area (Å²) in [6, 6.07) is 0. The smallest absolute Gasteiger partial charge is 0.303 e. The lowest BCUT2D eigenvalue weighted by Crippen LogP contribution is -2.42. The molecule has 4 nitrogen and oxygen atoms in total. The predicted octanol–water partition coefficient (Wildman–Crippen LogP) is 2.47. The molecule has 1 amide bonds. The Balaban J connectivity index is 2.48. The molecule has 1 N–H and O–H groups in total. The first-order chi connectivity index (χ1) is 9.08. The minimum Gasteiger partial charge on any atom is -0.481 e. The van der Waals surface area contributed by atoms with Gasteiger partial charge in [0.1, 0.15) is 0 Å². The largest absolute Gasteiger partial charge is 0.481 e. The Hall–Kier alpha value is -1.58. The zero-order chi connectivity index (χ0) is 14.3. The van der Waals surface area contributed by atoms with Crippen molar-refractivity contribution in [2.45, 2.75) is 32.1 Å². The number of amides is 1. The number of hydrogen-bond acceptors (Lipinski definition) is 2. The van der Waals surface area contributed by atoms with Gasteiger partial charge in [0.15, 0.2) is 0 Å². The molecule has 1 aliphatic rings. The zero-order valence-electron chi connectivity index (χ0n) is 11.4. The monoisotopic (exact) mass is 265 g/mol. The van der Waals surface area contributed by atoms with Gasteiger partial charge >= 0.3 is 5.97 Å². The van der Waals surface area contributed by atoms with Crippen molar-refractivity contribution < 1.29 is 14.7 Å². The van der Waals surface area contributed by atoms with Crippen LogP contribution in [0.4, 0.5) is 0 Å². The van der Waals surface area contributed by atoms with Gasteiger partial charge in [-0.05, 0) is 31.6 Å². The number of nitrogens with zero attached hydrogens (tertiary/aromatic N) is 1. The molecule has 4 heteroatoms. The molecule has 0 unspecified atom stereocenters. The fourth-order valence-corrected chi connectivity index (χ4v) is 2.56. The summed E-state index contributed by atoms with van der Waals surface area (Å²) < 4.78 is 0. The Morgan fingerprint density at radius 2 is 1.74 bits per heavy atom. The summed E-state index contributed by atoms with van der Waals surface area (Å²) in [6.07, 6.45) is 6.65. The van der Waals surface area contributed by atoms with Gasteiger partial charge in [-0.1, -0.05) is 12.2 Å². The van der Waals surface area contributed by atoms with E-state index in [0.717, 1.165) is 12.8 Å². The van der Waals surface area contributed by atoms with Gasteiger partial charge in [-0.15, -0.1) is 13.2 Å². The van der Waals surface area contributed by atoms with Crippen molar-refractivity contribution in [2.75, 3.05) is 13.1 Å². The maximum absolute atomic E-state index is 12.3. The second-order valence-corrected chi connectivity index (χ2v) is 5.11. The number of rotatable bonds is 7. The molecule has 1 saturated heterocycles. The third-order valence-electron chi connectivity index (χ3n) is 3.64. The summed E-state index contributed by atoms with van der Waals surface area (Å²) in [4.78, 5) is 24.8. The van der Waals surface area contributed by atoms with Crippen LogP contribution in [0.1, 0.15) is 32.1 Å². The van der Waals surface area contributed by atoms with Gasteiger partial charge in [-0.2, -0.15) is 0 Å². The molecule has 1 aliphatic heterocycles. The van der Waals surface area contributed by atoms with Crippen molar-refractivity contribution >= 4 is 11.9 Å². The number of carboxylic acids is 1. The second kappa shape index (κ2) is 7.77. The molecule has 1 rings (SSSR count). The zero-order valence-corrected chi connectivity index (χ0v) is 11.4. The highest BCUT2D eigenvalue weighted by Crippen LogP contribution is 2.23. The maximum atomic E-state index is 12.3. The number of hydrogen-bond donors (Lipinski definition) is 1. The fraction of sp³-hybridized carbons (Fsp3) is 0.600. The van der Waals surface area contributed by atoms with Gasteiger partial charge in [0, 0.05) is 25.4 Å². The van der Waals surface area contributed by atoms with Crippen molar-refractivity contribution in [2.24, 2.45) is 11.8 Å². The van der Waals surface area contributed by atoms with Gasteiger partial charge in [0.2, 0.25) is 5.91 Å². The molecule has 0 bridgehead atoms. The van der Waals surface area contributed by atoms with E-state index in [0.29, 0.717) is 25.9 Å². The molecule has 0 aromatic heterocycles. The SMILES string of the molecule is C=CCC(CC=C)C(=O)N1CCC(CC(=O)O)CC1. The summed E-state index contributed by atoms with van der Waals surface area (Å²) in [5.74, 6) is -0.459. The van der Waals surface area contributed by atoms with Crippen LogP contribution in [0.25, 0.3) is 0 Å². The van der Waals surface area contributed by atoms with E-state index in [1.54, 1.807) is 12.2 Å². The predicted molar refractivity (Wildman–Crippen MR) is 74.7 cm³/mol. The molecule has 0 radical (unpaired) electrons. The number of likely N-dealkylation sites (tertiary alicyclic amines) is 1. The van der Waals surface area contributed by atoms with E-state index in [2.05, 4.69) is 13.2 Å². The van der Waals surface area contributed by atoms with E-state index in [1.165, 1.54) is 0 Å². The molecular formula is C15H23NO3. The van der Waals surface area contributed by atoms with Gasteiger partial charge in [-0.25, -0.2) is 0 Å². The van der Waals surface area contributed by atoms with Crippen LogP contribution in [-0.4, -0.2) is 35.0 Å². The first-order valence-electron chi connectivity index (χ1n) is 6.80. The molecule has 106 valence electrons. The van der Waals surface area contributed by atoms with E-state index >= 15 is 0 Å². The number of aliphatic carboxylic acids is 1. The molecule has 0 aromatic rings. The van der Waals surface area contributed by atoms with E-state index in [-0.39, 0.29) is 24.2 Å². The average molecular weight is 265 g/mol. The summed E-state index contributed by atoms with van der Waals surface area (Å²) in [7, 11) is 0. The molecule has 0 aliphatic carbocycles. The molecule has 19 heavy (non-hydrogen) atoms. The van der Waals surface area contributed by atoms with Crippen LogP contribution in [0.3, 0.4) is 0 Å². The summed E-state index contributed by atoms with van der Waals surface area (Å²) >= 11 is 0. The Kier molecular flexibility index (Phi) is 6.33. The van der Waals surface area contributed by atoms with Crippen LogP contribution in [-0.2, 0) is 9.59 Å². The van der Waals surface area contributed by atoms with Crippen molar-refractivity contribution in [1.29, 1.82) is 0 Å². The number of allylic oxidation sites excluding steroid dienone is 2. The average Bonchev–Trinajstić information content (AvgIpc) is 2.38. The minimum atomic E-state index is -0.749. The third kappa shape index (κ3) is 4.89. The lowest BCUT2D eigenvalue weighted by atomic mass is 9.92. The summed E-state index contributed by atoms with van der Waals surface area (Å²) in [5, 5.41) is 8.77. The van der Waals surface area contributed by atoms with Crippen LogP contribution in [0.15, 0.2) is 25.3 Å². The maximum Gasteiger partial charge on any atom is 0.303 e. The van der Waals surface area contributed by atoms with Crippen LogP contribution in [0.5, 0.6) is 0 Å². The van der Waals surface area contributed by atoms with Gasteiger partial charge < -0.3 is 10.0 Å². The van der Waals surface area contributed by atoms with Crippen LogP contribution in [0.2, 0.25) is 0 Å². The molecule has 0 aromatic carbocycles. The van der Waals surface area contributed by atoms with Crippen LogP contribution < -0.4 is 0 Å². The fourth-order valence-electron chi connectivity index (χ4n) is 2.56. The van der Waals surface area contributed by atoms with Crippen molar-refractivity contribution in [3.63, 3.8) is 0 Å². The van der Waals surface area contributed by atoms with Crippen LogP contribution in [0, 0.1) is 11.8 Å². The molecule has 1 heterocycles. The minimum absolute atomic E-state index is 0.0639. The first-order valence-corrected chi connectivity index (χ1v) is 6.80. The topological polar surface area (TPSA) is 57.6 Å². The molecule has 1 fully saturated rings. The molecule has 0 atom stereocenters. The highest BCUT2D eigenvalue weighted by Gasteiger charge is 2.27. The Morgan fingerprint density at radius 1 is 1.21 bits per heavy atom. The first kappa shape index (κ1) is 15.5. The van der Waals surface area contributed by atoms with Gasteiger partial charge in [0.05, 0.1) is 0 Å². The van der Waals surface area contributed by atoms with Crippen molar-refractivity contribution in [3.05, 3.63) is 25.3 Å². The standard InChI is InChI=1S/C15H23NO3/c1-3-5-13(6-4-2)15(19)16-9-7-12(8-10-16)11-14(17)18/h3-4,12-13H,1-2,5-11H2,(H,17,18). The number of piperidine rings is 1. The highest BCUT2D eigenvalue weighted by molar-refractivity contribution is 5.79. The lowest BCUT2D eigenvalue weighted by Gasteiger charge is -2.33. The van der Waals surface area contributed by atoms with E-state index < -0.39 is 5.97 Å². The van der Waals surface area contributed by atoms with E-state index in [1.807, 2.05) is 4.90 Å².